The molecule has 0 aliphatic carbocycles. The van der Waals surface area contributed by atoms with Gasteiger partial charge in [-0.2, -0.15) is 13.2 Å². The van der Waals surface area contributed by atoms with Crippen LogP contribution in [0.3, 0.4) is 0 Å². The SMILES string of the molecule is FC(F)(F)c1ccn2c(Br)cnc2c1. The fourth-order valence-electron chi connectivity index (χ4n) is 1.13. The molecule has 0 aromatic carbocycles. The first kappa shape index (κ1) is 9.51. The zero-order chi connectivity index (χ0) is 10.3. The van der Waals surface area contributed by atoms with Crippen LogP contribution in [0.2, 0.25) is 0 Å². The van der Waals surface area contributed by atoms with Crippen LogP contribution in [0, 0.1) is 0 Å². The highest BCUT2D eigenvalue weighted by Crippen LogP contribution is 2.30. The number of alkyl halides is 3. The van der Waals surface area contributed by atoms with Crippen LogP contribution in [0.5, 0.6) is 0 Å². The fraction of sp³-hybridized carbons (Fsp3) is 0.125. The highest BCUT2D eigenvalue weighted by atomic mass is 79.9. The Kier molecular flexibility index (Phi) is 2.02. The van der Waals surface area contributed by atoms with E-state index in [1.165, 1.54) is 16.8 Å². The minimum Gasteiger partial charge on any atom is -0.294 e. The number of imidazole rings is 1. The molecule has 0 aliphatic heterocycles. The summed E-state index contributed by atoms with van der Waals surface area (Å²) in [6.07, 6.45) is -1.54. The van der Waals surface area contributed by atoms with Crippen LogP contribution in [-0.4, -0.2) is 9.38 Å². The molecule has 14 heavy (non-hydrogen) atoms. The molecule has 0 saturated carbocycles. The molecule has 0 atom stereocenters. The van der Waals surface area contributed by atoms with Gasteiger partial charge in [0, 0.05) is 6.20 Å². The normalized spacial score (nSPS) is 12.3. The zero-order valence-electron chi connectivity index (χ0n) is 6.72. The summed E-state index contributed by atoms with van der Waals surface area (Å²) in [6, 6.07) is 2.02. The summed E-state index contributed by atoms with van der Waals surface area (Å²) in [6.45, 7) is 0. The highest BCUT2D eigenvalue weighted by Gasteiger charge is 2.30. The molecule has 0 spiro atoms. The Hall–Kier alpha value is -1.04. The first-order valence-electron chi connectivity index (χ1n) is 3.68. The van der Waals surface area contributed by atoms with Crippen LogP contribution >= 0.6 is 15.9 Å². The van der Waals surface area contributed by atoms with E-state index in [9.17, 15) is 13.2 Å². The number of fused-ring (bicyclic) bond motifs is 1. The van der Waals surface area contributed by atoms with Gasteiger partial charge in [-0.1, -0.05) is 0 Å². The molecular weight excluding hydrogens is 261 g/mol. The Morgan fingerprint density at radius 3 is 2.71 bits per heavy atom. The number of pyridine rings is 1. The first-order chi connectivity index (χ1) is 6.48. The average molecular weight is 265 g/mol. The molecule has 0 fully saturated rings. The van der Waals surface area contributed by atoms with Crippen molar-refractivity contribution in [2.24, 2.45) is 0 Å². The summed E-state index contributed by atoms with van der Waals surface area (Å²) >= 11 is 3.16. The van der Waals surface area contributed by atoms with Crippen LogP contribution in [0.4, 0.5) is 13.2 Å². The first-order valence-corrected chi connectivity index (χ1v) is 4.47. The number of nitrogens with zero attached hydrogens (tertiary/aromatic N) is 2. The summed E-state index contributed by atoms with van der Waals surface area (Å²) in [4.78, 5) is 3.81. The van der Waals surface area contributed by atoms with E-state index in [2.05, 4.69) is 20.9 Å². The lowest BCUT2D eigenvalue weighted by atomic mass is 10.2. The third kappa shape index (κ3) is 1.50. The third-order valence-electron chi connectivity index (χ3n) is 1.80. The number of halogens is 4. The van der Waals surface area contributed by atoms with Crippen molar-refractivity contribution in [3.05, 3.63) is 34.7 Å². The lowest BCUT2D eigenvalue weighted by Crippen LogP contribution is -2.05. The molecule has 2 heterocycles. The maximum atomic E-state index is 12.3. The molecule has 2 aromatic heterocycles. The summed E-state index contributed by atoms with van der Waals surface area (Å²) < 4.78 is 39.0. The predicted octanol–water partition coefficient (Wildman–Crippen LogP) is 3.12. The molecule has 0 radical (unpaired) electrons. The van der Waals surface area contributed by atoms with Gasteiger partial charge in [-0.15, -0.1) is 0 Å². The largest absolute Gasteiger partial charge is 0.416 e. The Labute approximate surface area is 85.5 Å². The van der Waals surface area contributed by atoms with Gasteiger partial charge in [0.05, 0.1) is 11.8 Å². The lowest BCUT2D eigenvalue weighted by Gasteiger charge is -2.06. The van der Waals surface area contributed by atoms with Crippen molar-refractivity contribution in [1.29, 1.82) is 0 Å². The van der Waals surface area contributed by atoms with Crippen LogP contribution < -0.4 is 0 Å². The Morgan fingerprint density at radius 2 is 2.07 bits per heavy atom. The monoisotopic (exact) mass is 264 g/mol. The van der Waals surface area contributed by atoms with E-state index in [1.807, 2.05) is 0 Å². The minimum absolute atomic E-state index is 0.270. The van der Waals surface area contributed by atoms with E-state index in [0.29, 0.717) is 4.60 Å². The molecular formula is C8H4BrF3N2. The maximum absolute atomic E-state index is 12.3. The van der Waals surface area contributed by atoms with E-state index in [1.54, 1.807) is 0 Å². The molecule has 0 saturated heterocycles. The molecule has 6 heteroatoms. The van der Waals surface area contributed by atoms with Gasteiger partial charge in [0.1, 0.15) is 10.3 Å². The molecule has 74 valence electrons. The predicted molar refractivity (Wildman–Crippen MR) is 47.9 cm³/mol. The second kappa shape index (κ2) is 2.98. The fourth-order valence-corrected chi connectivity index (χ4v) is 1.53. The van der Waals surface area contributed by atoms with Gasteiger partial charge in [-0.05, 0) is 28.1 Å². The summed E-state index contributed by atoms with van der Waals surface area (Å²) in [5.74, 6) is 0. The number of hydrogen-bond acceptors (Lipinski definition) is 1. The molecule has 0 aliphatic rings. The topological polar surface area (TPSA) is 17.3 Å². The van der Waals surface area contributed by atoms with Gasteiger partial charge in [-0.25, -0.2) is 4.98 Å². The van der Waals surface area contributed by atoms with Crippen molar-refractivity contribution in [3.63, 3.8) is 0 Å². The molecule has 2 rings (SSSR count). The number of hydrogen-bond donors (Lipinski definition) is 0. The van der Waals surface area contributed by atoms with E-state index >= 15 is 0 Å². The molecule has 2 nitrogen and oxygen atoms in total. The van der Waals surface area contributed by atoms with E-state index in [-0.39, 0.29) is 5.65 Å². The summed E-state index contributed by atoms with van der Waals surface area (Å²) in [7, 11) is 0. The average Bonchev–Trinajstić information content (AvgIpc) is 2.46. The van der Waals surface area contributed by atoms with E-state index in [0.717, 1.165) is 12.1 Å². The Balaban J connectivity index is 2.63. The van der Waals surface area contributed by atoms with Crippen molar-refractivity contribution >= 4 is 21.6 Å². The molecule has 0 N–H and O–H groups in total. The Bertz CT molecular complexity index is 475. The van der Waals surface area contributed by atoms with Crippen LogP contribution in [0.15, 0.2) is 29.1 Å². The van der Waals surface area contributed by atoms with Crippen molar-refractivity contribution in [2.75, 3.05) is 0 Å². The Morgan fingerprint density at radius 1 is 1.36 bits per heavy atom. The van der Waals surface area contributed by atoms with Gasteiger partial charge in [0.2, 0.25) is 0 Å². The van der Waals surface area contributed by atoms with Gasteiger partial charge in [0.15, 0.2) is 0 Å². The minimum atomic E-state index is -4.32. The smallest absolute Gasteiger partial charge is 0.294 e. The van der Waals surface area contributed by atoms with Gasteiger partial charge in [-0.3, -0.25) is 4.40 Å². The van der Waals surface area contributed by atoms with Crippen LogP contribution in [0.1, 0.15) is 5.56 Å². The van der Waals surface area contributed by atoms with Crippen LogP contribution in [0.25, 0.3) is 5.65 Å². The van der Waals surface area contributed by atoms with Gasteiger partial charge in [0.25, 0.3) is 0 Å². The van der Waals surface area contributed by atoms with Crippen molar-refractivity contribution in [1.82, 2.24) is 9.38 Å². The van der Waals surface area contributed by atoms with E-state index < -0.39 is 11.7 Å². The zero-order valence-corrected chi connectivity index (χ0v) is 8.30. The van der Waals surface area contributed by atoms with Crippen molar-refractivity contribution in [2.45, 2.75) is 6.18 Å². The lowest BCUT2D eigenvalue weighted by molar-refractivity contribution is -0.137. The maximum Gasteiger partial charge on any atom is 0.416 e. The molecule has 0 amide bonds. The quantitative estimate of drug-likeness (QED) is 0.715. The van der Waals surface area contributed by atoms with Crippen molar-refractivity contribution in [3.8, 4) is 0 Å². The second-order valence-electron chi connectivity index (χ2n) is 2.72. The van der Waals surface area contributed by atoms with Gasteiger partial charge < -0.3 is 0 Å². The molecule has 0 unspecified atom stereocenters. The van der Waals surface area contributed by atoms with Crippen molar-refractivity contribution < 1.29 is 13.2 Å². The second-order valence-corrected chi connectivity index (χ2v) is 3.53. The highest BCUT2D eigenvalue weighted by molar-refractivity contribution is 9.10. The van der Waals surface area contributed by atoms with E-state index in [4.69, 9.17) is 0 Å². The molecule has 2 aromatic rings. The third-order valence-corrected chi connectivity index (χ3v) is 2.38. The molecule has 0 bridgehead atoms. The standard InChI is InChI=1S/C8H4BrF3N2/c9-6-4-13-7-3-5(8(10,11)12)1-2-14(6)7/h1-4H. The summed E-state index contributed by atoms with van der Waals surface area (Å²) in [5.41, 5.74) is -0.421. The van der Waals surface area contributed by atoms with Gasteiger partial charge >= 0.3 is 6.18 Å². The van der Waals surface area contributed by atoms with Crippen LogP contribution in [-0.2, 0) is 6.18 Å². The number of rotatable bonds is 0. The number of aromatic nitrogens is 2. The summed E-state index contributed by atoms with van der Waals surface area (Å²) in [5, 5.41) is 0.